The Bertz CT molecular complexity index is 612. The molecular formula is C17H20N2O2. The maximum atomic E-state index is 12.0. The Balaban J connectivity index is 2.07. The summed E-state index contributed by atoms with van der Waals surface area (Å²) in [6.07, 6.45) is 3.91. The number of amides is 1. The number of phenols is 1. The maximum Gasteiger partial charge on any atom is 0.271 e. The lowest BCUT2D eigenvalue weighted by molar-refractivity contribution is 0.0954. The third kappa shape index (κ3) is 3.81. The Kier molecular flexibility index (Phi) is 4.58. The van der Waals surface area contributed by atoms with E-state index in [0.717, 1.165) is 29.7 Å². The number of hydrogen-bond acceptors (Lipinski definition) is 3. The SMILES string of the molecule is C=C(C)C1CC=C(C)/C(=N\NC(=O)c2ccc(O)cc2)C1. The Morgan fingerprint density at radius 2 is 2.05 bits per heavy atom. The standard InChI is InChI=1S/C17H20N2O2/c1-11(2)14-5-4-12(3)16(10-14)18-19-17(21)13-6-8-15(20)9-7-13/h4,6-9,14,20H,1,5,10H2,2-3H3,(H,19,21)/b18-16-. The van der Waals surface area contributed by atoms with Crippen LogP contribution >= 0.6 is 0 Å². The van der Waals surface area contributed by atoms with Gasteiger partial charge in [0.15, 0.2) is 0 Å². The monoisotopic (exact) mass is 284 g/mol. The number of nitrogens with one attached hydrogen (secondary N) is 1. The number of hydrazone groups is 1. The number of carbonyl (C=O) groups is 1. The second kappa shape index (κ2) is 6.39. The molecule has 0 aliphatic heterocycles. The van der Waals surface area contributed by atoms with Gasteiger partial charge in [0.05, 0.1) is 5.71 Å². The van der Waals surface area contributed by atoms with Crippen molar-refractivity contribution in [3.8, 4) is 5.75 Å². The average molecular weight is 284 g/mol. The van der Waals surface area contributed by atoms with Gasteiger partial charge >= 0.3 is 0 Å². The number of aromatic hydroxyl groups is 1. The number of phenolic OH excluding ortho intramolecular Hbond substituents is 1. The van der Waals surface area contributed by atoms with Gasteiger partial charge in [-0.15, -0.1) is 0 Å². The molecule has 0 saturated heterocycles. The molecule has 4 heteroatoms. The molecular weight excluding hydrogens is 264 g/mol. The molecule has 1 amide bonds. The van der Waals surface area contributed by atoms with Crippen LogP contribution in [-0.4, -0.2) is 16.7 Å². The highest BCUT2D eigenvalue weighted by Gasteiger charge is 2.18. The van der Waals surface area contributed by atoms with Gasteiger partial charge in [0.2, 0.25) is 0 Å². The number of nitrogens with zero attached hydrogens (tertiary/aromatic N) is 1. The molecule has 2 rings (SSSR count). The van der Waals surface area contributed by atoms with Gasteiger partial charge < -0.3 is 5.11 Å². The smallest absolute Gasteiger partial charge is 0.271 e. The fourth-order valence-electron chi connectivity index (χ4n) is 2.22. The van der Waals surface area contributed by atoms with Crippen molar-refractivity contribution in [2.45, 2.75) is 26.7 Å². The van der Waals surface area contributed by atoms with Gasteiger partial charge in [0.25, 0.3) is 5.91 Å². The fraction of sp³-hybridized carbons (Fsp3) is 0.294. The van der Waals surface area contributed by atoms with Gasteiger partial charge in [-0.3, -0.25) is 4.79 Å². The minimum Gasteiger partial charge on any atom is -0.508 e. The van der Waals surface area contributed by atoms with Crippen molar-refractivity contribution < 1.29 is 9.90 Å². The summed E-state index contributed by atoms with van der Waals surface area (Å²) in [6.45, 7) is 8.01. The van der Waals surface area contributed by atoms with Crippen LogP contribution in [0.3, 0.4) is 0 Å². The third-order valence-electron chi connectivity index (χ3n) is 3.72. The van der Waals surface area contributed by atoms with Crippen LogP contribution in [0.4, 0.5) is 0 Å². The Hall–Kier alpha value is -2.36. The number of benzene rings is 1. The summed E-state index contributed by atoms with van der Waals surface area (Å²) in [6, 6.07) is 6.08. The van der Waals surface area contributed by atoms with Crippen LogP contribution < -0.4 is 5.43 Å². The molecule has 1 unspecified atom stereocenters. The molecule has 1 aromatic carbocycles. The molecule has 21 heavy (non-hydrogen) atoms. The minimum absolute atomic E-state index is 0.133. The lowest BCUT2D eigenvalue weighted by Gasteiger charge is -2.22. The molecule has 110 valence electrons. The van der Waals surface area contributed by atoms with Crippen LogP contribution in [0.5, 0.6) is 5.75 Å². The quantitative estimate of drug-likeness (QED) is 0.660. The molecule has 0 radical (unpaired) electrons. The molecule has 1 aliphatic carbocycles. The molecule has 1 aliphatic rings. The zero-order valence-electron chi connectivity index (χ0n) is 12.4. The zero-order chi connectivity index (χ0) is 15.4. The van der Waals surface area contributed by atoms with Crippen molar-refractivity contribution in [1.29, 1.82) is 0 Å². The van der Waals surface area contributed by atoms with Crippen molar-refractivity contribution in [3.63, 3.8) is 0 Å². The van der Waals surface area contributed by atoms with Gasteiger partial charge in [-0.1, -0.05) is 18.2 Å². The largest absolute Gasteiger partial charge is 0.508 e. The van der Waals surface area contributed by atoms with E-state index in [9.17, 15) is 9.90 Å². The molecule has 1 aromatic rings. The van der Waals surface area contributed by atoms with E-state index in [1.54, 1.807) is 12.1 Å². The van der Waals surface area contributed by atoms with E-state index in [1.807, 2.05) is 13.8 Å². The first-order chi connectivity index (χ1) is 9.97. The number of allylic oxidation sites excluding steroid dienone is 3. The highest BCUT2D eigenvalue weighted by molar-refractivity contribution is 6.02. The highest BCUT2D eigenvalue weighted by Crippen LogP contribution is 2.26. The van der Waals surface area contributed by atoms with E-state index in [2.05, 4.69) is 23.2 Å². The summed E-state index contributed by atoms with van der Waals surface area (Å²) < 4.78 is 0. The van der Waals surface area contributed by atoms with Crippen LogP contribution in [0.25, 0.3) is 0 Å². The molecule has 0 aromatic heterocycles. The first kappa shape index (κ1) is 15.0. The summed E-state index contributed by atoms with van der Waals surface area (Å²) >= 11 is 0. The van der Waals surface area contributed by atoms with E-state index in [0.29, 0.717) is 11.5 Å². The first-order valence-electron chi connectivity index (χ1n) is 6.96. The van der Waals surface area contributed by atoms with Crippen molar-refractivity contribution >= 4 is 11.6 Å². The highest BCUT2D eigenvalue weighted by atomic mass is 16.3. The lowest BCUT2D eigenvalue weighted by Crippen LogP contribution is -2.23. The van der Waals surface area contributed by atoms with Gasteiger partial charge in [-0.2, -0.15) is 5.10 Å². The first-order valence-corrected chi connectivity index (χ1v) is 6.96. The Morgan fingerprint density at radius 1 is 1.38 bits per heavy atom. The average Bonchev–Trinajstić information content (AvgIpc) is 2.46. The van der Waals surface area contributed by atoms with E-state index < -0.39 is 0 Å². The molecule has 0 saturated carbocycles. The zero-order valence-corrected chi connectivity index (χ0v) is 12.4. The summed E-state index contributed by atoms with van der Waals surface area (Å²) in [5.41, 5.74) is 6.16. The number of rotatable bonds is 3. The van der Waals surface area contributed by atoms with Gasteiger partial charge in [-0.05, 0) is 62.4 Å². The van der Waals surface area contributed by atoms with Gasteiger partial charge in [-0.25, -0.2) is 5.43 Å². The van der Waals surface area contributed by atoms with Crippen LogP contribution in [0.2, 0.25) is 0 Å². The predicted octanol–water partition coefficient (Wildman–Crippen LogP) is 3.41. The molecule has 2 N–H and O–H groups in total. The van der Waals surface area contributed by atoms with Gasteiger partial charge in [0, 0.05) is 5.56 Å². The second-order valence-corrected chi connectivity index (χ2v) is 5.42. The van der Waals surface area contributed by atoms with E-state index in [4.69, 9.17) is 0 Å². The molecule has 1 atom stereocenters. The van der Waals surface area contributed by atoms with E-state index >= 15 is 0 Å². The lowest BCUT2D eigenvalue weighted by atomic mass is 9.85. The number of hydrogen-bond donors (Lipinski definition) is 2. The molecule has 0 heterocycles. The third-order valence-corrected chi connectivity index (χ3v) is 3.72. The topological polar surface area (TPSA) is 61.7 Å². The molecule has 4 nitrogen and oxygen atoms in total. The predicted molar refractivity (Wildman–Crippen MR) is 84.3 cm³/mol. The Morgan fingerprint density at radius 3 is 2.67 bits per heavy atom. The molecule has 0 bridgehead atoms. The van der Waals surface area contributed by atoms with Crippen LogP contribution in [0, 0.1) is 5.92 Å². The van der Waals surface area contributed by atoms with Crippen molar-refractivity contribution in [1.82, 2.24) is 5.43 Å². The van der Waals surface area contributed by atoms with Crippen LogP contribution in [-0.2, 0) is 0 Å². The normalized spacial score (nSPS) is 20.0. The van der Waals surface area contributed by atoms with Crippen LogP contribution in [0.15, 0.2) is 53.2 Å². The maximum absolute atomic E-state index is 12.0. The van der Waals surface area contributed by atoms with E-state index in [1.165, 1.54) is 12.1 Å². The van der Waals surface area contributed by atoms with E-state index in [-0.39, 0.29) is 11.7 Å². The summed E-state index contributed by atoms with van der Waals surface area (Å²) in [7, 11) is 0. The van der Waals surface area contributed by atoms with Crippen LogP contribution in [0.1, 0.15) is 37.0 Å². The summed E-state index contributed by atoms with van der Waals surface area (Å²) in [4.78, 5) is 12.0. The van der Waals surface area contributed by atoms with Crippen molar-refractivity contribution in [2.24, 2.45) is 11.0 Å². The summed E-state index contributed by atoms with van der Waals surface area (Å²) in [5, 5.41) is 13.5. The Labute approximate surface area is 124 Å². The van der Waals surface area contributed by atoms with Gasteiger partial charge in [0.1, 0.15) is 5.75 Å². The minimum atomic E-state index is -0.284. The second-order valence-electron chi connectivity index (χ2n) is 5.42. The van der Waals surface area contributed by atoms with Crippen molar-refractivity contribution in [2.75, 3.05) is 0 Å². The number of carbonyl (C=O) groups excluding carboxylic acids is 1. The molecule has 0 spiro atoms. The molecule has 0 fully saturated rings. The summed E-state index contributed by atoms with van der Waals surface area (Å²) in [5.74, 6) is 0.235. The van der Waals surface area contributed by atoms with Crippen molar-refractivity contribution in [3.05, 3.63) is 53.6 Å². The fourth-order valence-corrected chi connectivity index (χ4v) is 2.22.